The van der Waals surface area contributed by atoms with Crippen LogP contribution >= 0.6 is 0 Å². The second-order valence-electron chi connectivity index (χ2n) is 15.3. The van der Waals surface area contributed by atoms with E-state index in [2.05, 4.69) is 5.32 Å². The topological polar surface area (TPSA) is 223 Å². The Morgan fingerprint density at radius 3 is 2.19 bits per heavy atom. The highest BCUT2D eigenvalue weighted by molar-refractivity contribution is 5.81. The van der Waals surface area contributed by atoms with Crippen LogP contribution in [0, 0.1) is 17.8 Å². The quantitative estimate of drug-likeness (QED) is 0.134. The number of aliphatic hydroxyl groups is 5. The number of nitrogens with zero attached hydrogens (tertiary/aromatic N) is 1. The molecule has 0 aromatic carbocycles. The van der Waals surface area contributed by atoms with Crippen molar-refractivity contribution in [2.24, 2.45) is 17.8 Å². The SMILES string of the molecule is CC[C@@H]1CC(C(=O)OC)C[C@@H](O[C@@H]2OC(CO)[C@H](O)C(O[C@@H](CC3CCCCC3)C(=O)N3CCC3)C2NC(C)=O)[C@@H]1O[C@@H]1OC(C)[C@@H](O)C(O)[C@@H]1O. The van der Waals surface area contributed by atoms with Gasteiger partial charge in [-0.2, -0.15) is 0 Å². The first kappa shape index (κ1) is 41.2. The lowest BCUT2D eigenvalue weighted by molar-refractivity contribution is -0.338. The molecule has 298 valence electrons. The summed E-state index contributed by atoms with van der Waals surface area (Å²) in [6, 6.07) is -1.17. The zero-order valence-electron chi connectivity index (χ0n) is 30.8. The second kappa shape index (κ2) is 18.6. The number of likely N-dealkylation sites (tertiary alicyclic amines) is 1. The molecule has 15 atom stereocenters. The van der Waals surface area contributed by atoms with Crippen LogP contribution in [0.25, 0.3) is 0 Å². The van der Waals surface area contributed by atoms with Crippen molar-refractivity contribution in [1.29, 1.82) is 0 Å². The number of esters is 1. The highest BCUT2D eigenvalue weighted by Gasteiger charge is 2.53. The average Bonchev–Trinajstić information content (AvgIpc) is 3.11. The molecule has 2 amide bonds. The van der Waals surface area contributed by atoms with Gasteiger partial charge in [-0.1, -0.05) is 45.4 Å². The van der Waals surface area contributed by atoms with Crippen LogP contribution in [0.4, 0.5) is 0 Å². The Morgan fingerprint density at radius 1 is 0.885 bits per heavy atom. The molecule has 0 aromatic heterocycles. The van der Waals surface area contributed by atoms with Gasteiger partial charge in [-0.05, 0) is 44.4 Å². The minimum absolute atomic E-state index is 0.0691. The van der Waals surface area contributed by atoms with Crippen LogP contribution in [0.15, 0.2) is 0 Å². The van der Waals surface area contributed by atoms with E-state index in [1.165, 1.54) is 21.0 Å². The summed E-state index contributed by atoms with van der Waals surface area (Å²) < 4.78 is 36.5. The van der Waals surface area contributed by atoms with E-state index in [1.54, 1.807) is 4.90 Å². The van der Waals surface area contributed by atoms with E-state index in [1.807, 2.05) is 6.92 Å². The summed E-state index contributed by atoms with van der Waals surface area (Å²) in [5.74, 6) is -1.85. The first-order chi connectivity index (χ1) is 24.9. The van der Waals surface area contributed by atoms with Crippen LogP contribution in [0.5, 0.6) is 0 Å². The van der Waals surface area contributed by atoms with Crippen LogP contribution in [-0.4, -0.2) is 155 Å². The smallest absolute Gasteiger partial charge is 0.308 e. The highest BCUT2D eigenvalue weighted by Crippen LogP contribution is 2.40. The maximum atomic E-state index is 13.8. The van der Waals surface area contributed by atoms with E-state index in [0.29, 0.717) is 32.4 Å². The lowest BCUT2D eigenvalue weighted by atomic mass is 9.76. The Morgan fingerprint density at radius 2 is 1.60 bits per heavy atom. The van der Waals surface area contributed by atoms with E-state index < -0.39 is 104 Å². The Balaban J connectivity index is 1.45. The van der Waals surface area contributed by atoms with Crippen LogP contribution in [0.3, 0.4) is 0 Å². The summed E-state index contributed by atoms with van der Waals surface area (Å²) in [6.07, 6.45) is -7.30. The monoisotopic (exact) mass is 744 g/mol. The normalized spacial score (nSPS) is 40.8. The van der Waals surface area contributed by atoms with Crippen molar-refractivity contribution in [2.75, 3.05) is 26.8 Å². The van der Waals surface area contributed by atoms with Crippen LogP contribution in [0.2, 0.25) is 0 Å². The summed E-state index contributed by atoms with van der Waals surface area (Å²) in [6.45, 7) is 5.32. The molecule has 2 saturated carbocycles. The number of ether oxygens (including phenoxy) is 6. The first-order valence-corrected chi connectivity index (χ1v) is 19.1. The summed E-state index contributed by atoms with van der Waals surface area (Å²) in [4.78, 5) is 41.1. The van der Waals surface area contributed by atoms with E-state index >= 15 is 0 Å². The third-order valence-electron chi connectivity index (χ3n) is 11.7. The van der Waals surface area contributed by atoms with Gasteiger partial charge in [0.1, 0.15) is 48.8 Å². The van der Waals surface area contributed by atoms with Gasteiger partial charge in [0, 0.05) is 20.0 Å². The van der Waals surface area contributed by atoms with Crippen molar-refractivity contribution in [2.45, 2.75) is 165 Å². The maximum absolute atomic E-state index is 13.8. The number of rotatable bonds is 13. The molecule has 16 nitrogen and oxygen atoms in total. The van der Waals surface area contributed by atoms with E-state index in [4.69, 9.17) is 28.4 Å². The molecule has 52 heavy (non-hydrogen) atoms. The number of aliphatic hydroxyl groups excluding tert-OH is 5. The van der Waals surface area contributed by atoms with Gasteiger partial charge in [0.25, 0.3) is 5.91 Å². The van der Waals surface area contributed by atoms with Crippen molar-refractivity contribution in [3.05, 3.63) is 0 Å². The zero-order valence-corrected chi connectivity index (χ0v) is 30.8. The number of carbonyl (C=O) groups excluding carboxylic acids is 3. The molecular formula is C36H60N2O14. The molecule has 0 spiro atoms. The van der Waals surface area contributed by atoms with E-state index in [-0.39, 0.29) is 24.2 Å². The van der Waals surface area contributed by atoms with Gasteiger partial charge in [0.15, 0.2) is 12.6 Å². The van der Waals surface area contributed by atoms with Gasteiger partial charge >= 0.3 is 5.97 Å². The minimum Gasteiger partial charge on any atom is -0.469 e. The lowest BCUT2D eigenvalue weighted by Crippen LogP contribution is -2.67. The Hall–Kier alpha value is -1.99. The fourth-order valence-corrected chi connectivity index (χ4v) is 8.46. The zero-order chi connectivity index (χ0) is 37.7. The van der Waals surface area contributed by atoms with Crippen molar-refractivity contribution in [3.8, 4) is 0 Å². The minimum atomic E-state index is -1.60. The van der Waals surface area contributed by atoms with Gasteiger partial charge < -0.3 is 64.2 Å². The van der Waals surface area contributed by atoms with Crippen LogP contribution in [0.1, 0.15) is 85.0 Å². The molecule has 6 N–H and O–H groups in total. The number of nitrogens with one attached hydrogen (secondary N) is 1. The number of carbonyl (C=O) groups is 3. The Labute approximate surface area is 305 Å². The highest BCUT2D eigenvalue weighted by atomic mass is 16.7. The summed E-state index contributed by atoms with van der Waals surface area (Å²) in [5.41, 5.74) is 0. The number of amides is 2. The molecule has 3 saturated heterocycles. The molecule has 0 bridgehead atoms. The van der Waals surface area contributed by atoms with Crippen molar-refractivity contribution >= 4 is 17.8 Å². The molecule has 6 unspecified atom stereocenters. The van der Waals surface area contributed by atoms with Crippen molar-refractivity contribution in [1.82, 2.24) is 10.2 Å². The molecule has 5 aliphatic rings. The third kappa shape index (κ3) is 9.44. The predicted molar refractivity (Wildman–Crippen MR) is 181 cm³/mol. The van der Waals surface area contributed by atoms with Crippen molar-refractivity contribution < 1.29 is 68.3 Å². The van der Waals surface area contributed by atoms with E-state index in [0.717, 1.165) is 38.5 Å². The standard InChI is InChI=1S/C36H60N2O14/c1-5-21-15-22(34(46)47-4)16-23(31(21)52-36-30(44)29(43)27(41)18(2)48-36)50-35-26(37-19(3)40)32(28(42)25(17-39)51-35)49-24(33(45)38-12-9-13-38)14-20-10-7-6-8-11-20/h18,20-32,35-36,39,41-44H,5-17H2,1-4H3,(H,37,40)/t18?,21-,22?,23-,24+,25?,26?,27-,28+,29?,30+,31-,32?,35-,36+/m1/s1. The van der Waals surface area contributed by atoms with Crippen LogP contribution < -0.4 is 5.32 Å². The fourth-order valence-electron chi connectivity index (χ4n) is 8.46. The van der Waals surface area contributed by atoms with Gasteiger partial charge in [-0.3, -0.25) is 14.4 Å². The average molecular weight is 745 g/mol. The maximum Gasteiger partial charge on any atom is 0.308 e. The molecule has 2 aliphatic carbocycles. The fraction of sp³-hybridized carbons (Fsp3) is 0.917. The largest absolute Gasteiger partial charge is 0.469 e. The summed E-state index contributed by atoms with van der Waals surface area (Å²) >= 11 is 0. The van der Waals surface area contributed by atoms with Gasteiger partial charge in [0.2, 0.25) is 5.91 Å². The van der Waals surface area contributed by atoms with Crippen molar-refractivity contribution in [3.63, 3.8) is 0 Å². The van der Waals surface area contributed by atoms with Gasteiger partial charge in [-0.25, -0.2) is 0 Å². The second-order valence-corrected chi connectivity index (χ2v) is 15.3. The third-order valence-corrected chi connectivity index (χ3v) is 11.7. The van der Waals surface area contributed by atoms with Gasteiger partial charge in [-0.15, -0.1) is 0 Å². The molecule has 5 rings (SSSR count). The van der Waals surface area contributed by atoms with Gasteiger partial charge in [0.05, 0.1) is 37.9 Å². The Bertz CT molecular complexity index is 1190. The number of methoxy groups -OCH3 is 1. The molecule has 3 heterocycles. The molecule has 0 aromatic rings. The summed E-state index contributed by atoms with van der Waals surface area (Å²) in [5, 5.41) is 56.3. The number of hydrogen-bond acceptors (Lipinski definition) is 14. The number of hydrogen-bond donors (Lipinski definition) is 6. The molecule has 5 fully saturated rings. The molecule has 16 heteroatoms. The summed E-state index contributed by atoms with van der Waals surface area (Å²) in [7, 11) is 1.29. The Kier molecular flexibility index (Phi) is 14.7. The predicted octanol–water partition coefficient (Wildman–Crippen LogP) is -0.267. The first-order valence-electron chi connectivity index (χ1n) is 19.1. The molecule has 3 aliphatic heterocycles. The molecule has 0 radical (unpaired) electrons. The lowest BCUT2D eigenvalue weighted by Gasteiger charge is -2.49. The molecular weight excluding hydrogens is 684 g/mol. The van der Waals surface area contributed by atoms with E-state index in [9.17, 15) is 39.9 Å². The van der Waals surface area contributed by atoms with Crippen LogP contribution in [-0.2, 0) is 42.8 Å².